The van der Waals surface area contributed by atoms with Crippen LogP contribution in [0.5, 0.6) is 0 Å². The van der Waals surface area contributed by atoms with Gasteiger partial charge in [-0.25, -0.2) is 15.8 Å². The lowest BCUT2D eigenvalue weighted by Crippen LogP contribution is -2.31. The second kappa shape index (κ2) is 4.28. The summed E-state index contributed by atoms with van der Waals surface area (Å²) in [6.45, 7) is 1.91. The Morgan fingerprint density at radius 1 is 1.67 bits per heavy atom. The number of hydrogen-bond donors (Lipinski definition) is 2. The van der Waals surface area contributed by atoms with E-state index in [2.05, 4.69) is 21.3 Å². The molecule has 0 bridgehead atoms. The zero-order valence-electron chi connectivity index (χ0n) is 6.78. The molecule has 4 nitrogen and oxygen atoms in total. The zero-order valence-corrected chi connectivity index (χ0v) is 6.78. The van der Waals surface area contributed by atoms with Crippen LogP contribution in [0, 0.1) is 0 Å². The SMILES string of the molecule is C/C=C\C1=CN=C=CN=C1NN. The van der Waals surface area contributed by atoms with E-state index in [1.165, 1.54) is 6.20 Å². The summed E-state index contributed by atoms with van der Waals surface area (Å²) in [5.74, 6) is 8.44. The first-order chi connectivity index (χ1) is 5.88. The molecule has 1 heterocycles. The molecule has 0 saturated heterocycles. The van der Waals surface area contributed by atoms with Crippen LogP contribution in [0.3, 0.4) is 0 Å². The number of hydrogen-bond acceptors (Lipinski definition) is 4. The van der Waals surface area contributed by atoms with Crippen LogP contribution in [0.4, 0.5) is 0 Å². The molecule has 1 rings (SSSR count). The van der Waals surface area contributed by atoms with Crippen molar-refractivity contribution in [2.45, 2.75) is 6.92 Å². The van der Waals surface area contributed by atoms with Gasteiger partial charge in [-0.1, -0.05) is 12.2 Å². The number of rotatable bonds is 1. The Labute approximate surface area is 70.9 Å². The van der Waals surface area contributed by atoms with Gasteiger partial charge in [-0.2, -0.15) is 0 Å². The monoisotopic (exact) mass is 162 g/mol. The summed E-state index contributed by atoms with van der Waals surface area (Å²) in [5, 5.41) is 0. The van der Waals surface area contributed by atoms with Gasteiger partial charge in [0.15, 0.2) is 0 Å². The van der Waals surface area contributed by atoms with E-state index in [0.717, 1.165) is 5.57 Å². The molecule has 62 valence electrons. The summed E-state index contributed by atoms with van der Waals surface area (Å²) in [7, 11) is 0. The number of hydrazine groups is 1. The largest absolute Gasteiger partial charge is 0.308 e. The Morgan fingerprint density at radius 2 is 2.50 bits per heavy atom. The Bertz CT molecular complexity index is 303. The minimum absolute atomic E-state index is 0.585. The number of allylic oxidation sites excluding steroid dienone is 1. The lowest BCUT2D eigenvalue weighted by atomic mass is 10.2. The first-order valence-corrected chi connectivity index (χ1v) is 3.53. The fourth-order valence-electron chi connectivity index (χ4n) is 0.791. The molecule has 0 aromatic carbocycles. The fourth-order valence-corrected chi connectivity index (χ4v) is 0.791. The second-order valence-electron chi connectivity index (χ2n) is 2.09. The van der Waals surface area contributed by atoms with Crippen LogP contribution in [0.15, 0.2) is 40.1 Å². The third-order valence-corrected chi connectivity index (χ3v) is 1.29. The lowest BCUT2D eigenvalue weighted by molar-refractivity contribution is 1.02. The quantitative estimate of drug-likeness (QED) is 0.435. The van der Waals surface area contributed by atoms with E-state index in [4.69, 9.17) is 5.84 Å². The third-order valence-electron chi connectivity index (χ3n) is 1.29. The van der Waals surface area contributed by atoms with Crippen molar-refractivity contribution < 1.29 is 0 Å². The number of nitrogens with two attached hydrogens (primary N) is 1. The first-order valence-electron chi connectivity index (χ1n) is 3.53. The van der Waals surface area contributed by atoms with Gasteiger partial charge in [0.05, 0.1) is 6.20 Å². The molecule has 4 heteroatoms. The van der Waals surface area contributed by atoms with Crippen LogP contribution in [0.2, 0.25) is 0 Å². The van der Waals surface area contributed by atoms with Crippen molar-refractivity contribution in [1.82, 2.24) is 5.43 Å². The minimum Gasteiger partial charge on any atom is -0.308 e. The summed E-state index contributed by atoms with van der Waals surface area (Å²) < 4.78 is 0. The molecule has 0 aromatic heterocycles. The van der Waals surface area contributed by atoms with Crippen molar-refractivity contribution in [1.29, 1.82) is 0 Å². The molecule has 12 heavy (non-hydrogen) atoms. The average molecular weight is 162 g/mol. The van der Waals surface area contributed by atoms with Crippen molar-refractivity contribution >= 4 is 11.7 Å². The van der Waals surface area contributed by atoms with Gasteiger partial charge in [-0.3, -0.25) is 0 Å². The molecular formula is C8H10N4. The molecule has 0 aliphatic carbocycles. The van der Waals surface area contributed by atoms with Gasteiger partial charge in [0, 0.05) is 17.6 Å². The van der Waals surface area contributed by atoms with Crippen molar-refractivity contribution in [3.8, 4) is 0 Å². The summed E-state index contributed by atoms with van der Waals surface area (Å²) in [4.78, 5) is 7.81. The van der Waals surface area contributed by atoms with E-state index in [1.54, 1.807) is 6.20 Å². The topological polar surface area (TPSA) is 62.8 Å². The number of amidine groups is 1. The molecule has 0 spiro atoms. The maximum Gasteiger partial charge on any atom is 0.149 e. The summed E-state index contributed by atoms with van der Waals surface area (Å²) in [5.41, 5.74) is 3.31. The van der Waals surface area contributed by atoms with Crippen LogP contribution < -0.4 is 11.3 Å². The number of nitrogens with zero attached hydrogens (tertiary/aromatic N) is 2. The molecule has 0 atom stereocenters. The standard InChI is InChI=1S/C8H10N4/c1-2-3-7-6-10-4-5-11-8(7)12-9/h2-3,5-6H,9H2,1H3,(H,11,12)/b3-2-. The van der Waals surface area contributed by atoms with Crippen LogP contribution in [-0.2, 0) is 0 Å². The highest BCUT2D eigenvalue weighted by atomic mass is 15.2. The highest BCUT2D eigenvalue weighted by molar-refractivity contribution is 6.01. The van der Waals surface area contributed by atoms with Crippen LogP contribution in [-0.4, -0.2) is 11.7 Å². The molecule has 0 amide bonds. The molecule has 1 aliphatic rings. The first kappa shape index (κ1) is 8.46. The Morgan fingerprint density at radius 3 is 3.17 bits per heavy atom. The van der Waals surface area contributed by atoms with Crippen molar-refractivity contribution in [2.24, 2.45) is 15.8 Å². The molecule has 0 radical (unpaired) electrons. The smallest absolute Gasteiger partial charge is 0.149 e. The van der Waals surface area contributed by atoms with Gasteiger partial charge in [0.2, 0.25) is 0 Å². The van der Waals surface area contributed by atoms with E-state index in [-0.39, 0.29) is 0 Å². The van der Waals surface area contributed by atoms with Crippen LogP contribution in [0.1, 0.15) is 6.92 Å². The van der Waals surface area contributed by atoms with E-state index in [9.17, 15) is 0 Å². The van der Waals surface area contributed by atoms with E-state index < -0.39 is 0 Å². The van der Waals surface area contributed by atoms with E-state index in [1.807, 2.05) is 19.1 Å². The van der Waals surface area contributed by atoms with Crippen LogP contribution >= 0.6 is 0 Å². The fraction of sp³-hybridized carbons (Fsp3) is 0.125. The third kappa shape index (κ3) is 1.92. The zero-order chi connectivity index (χ0) is 8.81. The van der Waals surface area contributed by atoms with Crippen molar-refractivity contribution in [2.75, 3.05) is 0 Å². The molecule has 0 saturated carbocycles. The predicted molar refractivity (Wildman–Crippen MR) is 49.7 cm³/mol. The Balaban J connectivity index is 2.97. The predicted octanol–water partition coefficient (Wildman–Crippen LogP) is 0.505. The van der Waals surface area contributed by atoms with Crippen molar-refractivity contribution in [3.05, 3.63) is 30.1 Å². The van der Waals surface area contributed by atoms with Crippen LogP contribution in [0.25, 0.3) is 0 Å². The molecule has 0 unspecified atom stereocenters. The highest BCUT2D eigenvalue weighted by Gasteiger charge is 2.00. The Kier molecular flexibility index (Phi) is 3.02. The highest BCUT2D eigenvalue weighted by Crippen LogP contribution is 2.00. The molecule has 1 aliphatic heterocycles. The number of aliphatic imine (C=N–C) groups is 2. The maximum atomic E-state index is 5.25. The van der Waals surface area contributed by atoms with Gasteiger partial charge in [0.1, 0.15) is 5.84 Å². The molecule has 0 aromatic rings. The summed E-state index contributed by atoms with van der Waals surface area (Å²) >= 11 is 0. The minimum atomic E-state index is 0.585. The van der Waals surface area contributed by atoms with Gasteiger partial charge in [-0.05, 0) is 6.92 Å². The van der Waals surface area contributed by atoms with E-state index in [0.29, 0.717) is 5.84 Å². The van der Waals surface area contributed by atoms with Gasteiger partial charge in [0.25, 0.3) is 0 Å². The second-order valence-corrected chi connectivity index (χ2v) is 2.09. The van der Waals surface area contributed by atoms with Crippen molar-refractivity contribution in [3.63, 3.8) is 0 Å². The number of nitrogens with one attached hydrogen (secondary N) is 1. The Hall–Kier alpha value is -1.64. The lowest BCUT2D eigenvalue weighted by Gasteiger charge is -2.01. The van der Waals surface area contributed by atoms with Gasteiger partial charge in [-0.15, -0.1) is 0 Å². The van der Waals surface area contributed by atoms with E-state index >= 15 is 0 Å². The van der Waals surface area contributed by atoms with Gasteiger partial charge >= 0.3 is 0 Å². The molecule has 0 fully saturated rings. The molecule has 3 N–H and O–H groups in total. The maximum absolute atomic E-state index is 5.25. The average Bonchev–Trinajstić information content (AvgIpc) is 2.30. The summed E-state index contributed by atoms with van der Waals surface area (Å²) in [6, 6.07) is 0. The normalized spacial score (nSPS) is 15.8. The van der Waals surface area contributed by atoms with Gasteiger partial charge < -0.3 is 5.43 Å². The summed E-state index contributed by atoms with van der Waals surface area (Å²) in [6.07, 6.45) is 6.85. The molecular weight excluding hydrogens is 152 g/mol.